The molecule has 0 radical (unpaired) electrons. The Hall–Kier alpha value is -1.06. The average Bonchev–Trinajstić information content (AvgIpc) is 2.30. The molecule has 3 nitrogen and oxygen atoms in total. The molecule has 0 amide bonds. The zero-order valence-corrected chi connectivity index (χ0v) is 9.07. The molecule has 1 aromatic rings. The number of rotatable bonds is 2. The van der Waals surface area contributed by atoms with Crippen LogP contribution in [-0.4, -0.2) is 11.6 Å². The molecule has 0 fully saturated rings. The van der Waals surface area contributed by atoms with Crippen LogP contribution in [0.2, 0.25) is 5.02 Å². The van der Waals surface area contributed by atoms with Crippen LogP contribution in [0.1, 0.15) is 24.6 Å². The van der Waals surface area contributed by atoms with Gasteiger partial charge in [0.05, 0.1) is 29.6 Å². The van der Waals surface area contributed by atoms with Crippen molar-refractivity contribution < 1.29 is 4.74 Å². The summed E-state index contributed by atoms with van der Waals surface area (Å²) in [5.74, 6) is 0. The highest BCUT2D eigenvalue weighted by molar-refractivity contribution is 6.31. The molecule has 0 bridgehead atoms. The Labute approximate surface area is 93.9 Å². The van der Waals surface area contributed by atoms with Gasteiger partial charge in [0, 0.05) is 6.20 Å². The van der Waals surface area contributed by atoms with Crippen LogP contribution in [0, 0.1) is 0 Å². The van der Waals surface area contributed by atoms with Crippen molar-refractivity contribution in [2.75, 3.05) is 6.61 Å². The fourth-order valence-electron chi connectivity index (χ4n) is 1.62. The first-order chi connectivity index (χ1) is 7.29. The standard InChI is InChI=1S/C11H13ClN2O/c12-9-4-1-5-14-11(9)10(13)8-3-2-6-15-7-8/h1,4-5,7,10H,2-3,6,13H2. The van der Waals surface area contributed by atoms with E-state index in [-0.39, 0.29) is 6.04 Å². The van der Waals surface area contributed by atoms with Crippen LogP contribution in [0.3, 0.4) is 0 Å². The third-order valence-electron chi connectivity index (χ3n) is 2.44. The largest absolute Gasteiger partial charge is 0.501 e. The minimum atomic E-state index is -0.251. The summed E-state index contributed by atoms with van der Waals surface area (Å²) in [5.41, 5.74) is 7.85. The normalized spacial score (nSPS) is 17.9. The van der Waals surface area contributed by atoms with E-state index in [2.05, 4.69) is 4.98 Å². The Morgan fingerprint density at radius 3 is 3.07 bits per heavy atom. The van der Waals surface area contributed by atoms with Gasteiger partial charge in [0.2, 0.25) is 0 Å². The summed E-state index contributed by atoms with van der Waals surface area (Å²) < 4.78 is 5.25. The molecule has 2 rings (SSSR count). The molecule has 1 unspecified atom stereocenters. The van der Waals surface area contributed by atoms with Crippen molar-refractivity contribution in [3.8, 4) is 0 Å². The molecule has 2 heterocycles. The lowest BCUT2D eigenvalue weighted by Gasteiger charge is -2.19. The molecule has 2 N–H and O–H groups in total. The molecule has 0 saturated heterocycles. The third kappa shape index (κ3) is 2.30. The zero-order chi connectivity index (χ0) is 10.7. The summed E-state index contributed by atoms with van der Waals surface area (Å²) in [5, 5.41) is 0.608. The second-order valence-corrected chi connectivity index (χ2v) is 3.92. The minimum absolute atomic E-state index is 0.251. The number of pyridine rings is 1. The highest BCUT2D eigenvalue weighted by Gasteiger charge is 2.18. The van der Waals surface area contributed by atoms with Crippen LogP contribution in [0.4, 0.5) is 0 Å². The van der Waals surface area contributed by atoms with Crippen molar-refractivity contribution >= 4 is 11.6 Å². The van der Waals surface area contributed by atoms with Crippen LogP contribution in [0.25, 0.3) is 0 Å². The summed E-state index contributed by atoms with van der Waals surface area (Å²) in [6, 6.07) is 3.34. The van der Waals surface area contributed by atoms with Crippen LogP contribution in [-0.2, 0) is 4.74 Å². The van der Waals surface area contributed by atoms with Crippen molar-refractivity contribution in [2.24, 2.45) is 5.73 Å². The summed E-state index contributed by atoms with van der Waals surface area (Å²) >= 11 is 6.03. The molecule has 1 atom stereocenters. The van der Waals surface area contributed by atoms with Gasteiger partial charge >= 0.3 is 0 Å². The van der Waals surface area contributed by atoms with E-state index >= 15 is 0 Å². The summed E-state index contributed by atoms with van der Waals surface area (Å²) in [6.07, 6.45) is 5.39. The number of ether oxygens (including phenoxy) is 1. The quantitative estimate of drug-likeness (QED) is 0.840. The van der Waals surface area contributed by atoms with Gasteiger partial charge in [-0.3, -0.25) is 4.98 Å². The molecular formula is C11H13ClN2O. The topological polar surface area (TPSA) is 48.1 Å². The van der Waals surface area contributed by atoms with Crippen molar-refractivity contribution in [3.63, 3.8) is 0 Å². The molecule has 80 valence electrons. The zero-order valence-electron chi connectivity index (χ0n) is 8.32. The first-order valence-corrected chi connectivity index (χ1v) is 5.33. The second kappa shape index (κ2) is 4.64. The maximum Gasteiger partial charge on any atom is 0.0876 e. The molecule has 4 heteroatoms. The Balaban J connectivity index is 2.23. The van der Waals surface area contributed by atoms with Crippen molar-refractivity contribution in [1.29, 1.82) is 0 Å². The maximum atomic E-state index is 6.08. The lowest BCUT2D eigenvalue weighted by molar-refractivity contribution is 0.221. The van der Waals surface area contributed by atoms with Gasteiger partial charge in [0.1, 0.15) is 0 Å². The van der Waals surface area contributed by atoms with Crippen molar-refractivity contribution in [3.05, 3.63) is 40.9 Å². The van der Waals surface area contributed by atoms with Crippen LogP contribution in [0.15, 0.2) is 30.2 Å². The molecule has 1 aromatic heterocycles. The number of aromatic nitrogens is 1. The average molecular weight is 225 g/mol. The summed E-state index contributed by atoms with van der Waals surface area (Å²) in [6.45, 7) is 0.770. The van der Waals surface area contributed by atoms with Gasteiger partial charge in [0.25, 0.3) is 0 Å². The molecule has 1 aliphatic heterocycles. The van der Waals surface area contributed by atoms with E-state index in [4.69, 9.17) is 22.1 Å². The Morgan fingerprint density at radius 1 is 1.53 bits per heavy atom. The monoisotopic (exact) mass is 224 g/mol. The predicted molar refractivity (Wildman–Crippen MR) is 59.4 cm³/mol. The fourth-order valence-corrected chi connectivity index (χ4v) is 1.85. The van der Waals surface area contributed by atoms with Gasteiger partial charge in [-0.15, -0.1) is 0 Å². The Kier molecular flexibility index (Phi) is 3.23. The van der Waals surface area contributed by atoms with E-state index in [0.29, 0.717) is 5.02 Å². The first kappa shape index (κ1) is 10.5. The predicted octanol–water partition coefficient (Wildman–Crippen LogP) is 2.43. The fraction of sp³-hybridized carbons (Fsp3) is 0.364. The van der Waals surface area contributed by atoms with E-state index < -0.39 is 0 Å². The SMILES string of the molecule is NC(C1=COCCC1)c1ncccc1Cl. The smallest absolute Gasteiger partial charge is 0.0876 e. The summed E-state index contributed by atoms with van der Waals surface area (Å²) in [4.78, 5) is 4.20. The molecular weight excluding hydrogens is 212 g/mol. The van der Waals surface area contributed by atoms with E-state index in [1.807, 2.05) is 0 Å². The molecule has 0 aliphatic carbocycles. The summed E-state index contributed by atoms with van der Waals surface area (Å²) in [7, 11) is 0. The number of hydrogen-bond acceptors (Lipinski definition) is 3. The van der Waals surface area contributed by atoms with Crippen molar-refractivity contribution in [1.82, 2.24) is 4.98 Å². The second-order valence-electron chi connectivity index (χ2n) is 3.52. The van der Waals surface area contributed by atoms with E-state index in [9.17, 15) is 0 Å². The van der Waals surface area contributed by atoms with Crippen LogP contribution in [0.5, 0.6) is 0 Å². The highest BCUT2D eigenvalue weighted by atomic mass is 35.5. The molecule has 0 saturated carbocycles. The Morgan fingerprint density at radius 2 is 2.40 bits per heavy atom. The van der Waals surface area contributed by atoms with Gasteiger partial charge in [-0.05, 0) is 30.5 Å². The minimum Gasteiger partial charge on any atom is -0.501 e. The molecule has 0 aromatic carbocycles. The van der Waals surface area contributed by atoms with E-state index in [1.165, 1.54) is 0 Å². The molecule has 0 spiro atoms. The van der Waals surface area contributed by atoms with Gasteiger partial charge in [-0.1, -0.05) is 11.6 Å². The number of nitrogens with zero attached hydrogens (tertiary/aromatic N) is 1. The Bertz CT molecular complexity index is 379. The number of halogens is 1. The van der Waals surface area contributed by atoms with Crippen molar-refractivity contribution in [2.45, 2.75) is 18.9 Å². The number of nitrogens with two attached hydrogens (primary N) is 1. The van der Waals surface area contributed by atoms with E-state index in [0.717, 1.165) is 30.7 Å². The molecule has 1 aliphatic rings. The highest BCUT2D eigenvalue weighted by Crippen LogP contribution is 2.28. The third-order valence-corrected chi connectivity index (χ3v) is 2.76. The van der Waals surface area contributed by atoms with Crippen LogP contribution < -0.4 is 5.73 Å². The first-order valence-electron chi connectivity index (χ1n) is 4.95. The van der Waals surface area contributed by atoms with Gasteiger partial charge in [-0.2, -0.15) is 0 Å². The van der Waals surface area contributed by atoms with Gasteiger partial charge in [-0.25, -0.2) is 0 Å². The maximum absolute atomic E-state index is 6.08. The van der Waals surface area contributed by atoms with Gasteiger partial charge in [0.15, 0.2) is 0 Å². The number of hydrogen-bond donors (Lipinski definition) is 1. The van der Waals surface area contributed by atoms with Gasteiger partial charge < -0.3 is 10.5 Å². The molecule has 15 heavy (non-hydrogen) atoms. The van der Waals surface area contributed by atoms with Crippen LogP contribution >= 0.6 is 11.6 Å². The lowest BCUT2D eigenvalue weighted by atomic mass is 10.00. The lowest BCUT2D eigenvalue weighted by Crippen LogP contribution is -2.17. The van der Waals surface area contributed by atoms with E-state index in [1.54, 1.807) is 24.6 Å².